The van der Waals surface area contributed by atoms with Gasteiger partial charge in [0.25, 0.3) is 0 Å². The Morgan fingerprint density at radius 1 is 1.38 bits per heavy atom. The van der Waals surface area contributed by atoms with E-state index < -0.39 is 11.7 Å². The van der Waals surface area contributed by atoms with Crippen LogP contribution in [-0.4, -0.2) is 44.8 Å². The molecule has 1 aromatic carbocycles. The first-order chi connectivity index (χ1) is 12.3. The van der Waals surface area contributed by atoms with E-state index in [9.17, 15) is 23.1 Å². The third-order valence-electron chi connectivity index (χ3n) is 4.80. The molecule has 0 spiro atoms. The number of aryl methyl sites for hydroxylation is 1. The molecule has 6 nitrogen and oxygen atoms in total. The molecule has 142 valence electrons. The van der Waals surface area contributed by atoms with Crippen LogP contribution in [0.4, 0.5) is 18.0 Å². The molecule has 1 aromatic heterocycles. The van der Waals surface area contributed by atoms with Gasteiger partial charge in [0.2, 0.25) is 0 Å². The smallest absolute Gasteiger partial charge is 0.394 e. The minimum Gasteiger partial charge on any atom is -0.394 e. The van der Waals surface area contributed by atoms with Crippen LogP contribution in [0.1, 0.15) is 30.7 Å². The number of hydrogen-bond donors (Lipinski definition) is 2. The molecule has 2 aromatic rings. The molecule has 2 N–H and O–H groups in total. The van der Waals surface area contributed by atoms with Gasteiger partial charge in [0.15, 0.2) is 0 Å². The first kappa shape index (κ1) is 18.5. The lowest BCUT2D eigenvalue weighted by Crippen LogP contribution is -2.50. The predicted molar refractivity (Wildman–Crippen MR) is 89.4 cm³/mol. The molecule has 26 heavy (non-hydrogen) atoms. The van der Waals surface area contributed by atoms with Gasteiger partial charge < -0.3 is 19.9 Å². The van der Waals surface area contributed by atoms with E-state index >= 15 is 0 Å². The SMILES string of the molecule is Cn1c(CNC(=O)N2CCCC[C@H]2CO)nc2cc(C(F)(F)F)ccc21. The molecule has 3 rings (SSSR count). The number of aliphatic hydroxyl groups excluding tert-OH is 1. The molecular weight excluding hydrogens is 349 g/mol. The van der Waals surface area contributed by atoms with E-state index in [-0.39, 0.29) is 30.7 Å². The Balaban J connectivity index is 1.74. The largest absolute Gasteiger partial charge is 0.416 e. The highest BCUT2D eigenvalue weighted by molar-refractivity contribution is 5.78. The van der Waals surface area contributed by atoms with Crippen molar-refractivity contribution in [1.29, 1.82) is 0 Å². The molecule has 0 unspecified atom stereocenters. The van der Waals surface area contributed by atoms with Gasteiger partial charge in [-0.15, -0.1) is 0 Å². The molecule has 2 heterocycles. The van der Waals surface area contributed by atoms with E-state index in [1.807, 2.05) is 0 Å². The van der Waals surface area contributed by atoms with Gasteiger partial charge in [-0.25, -0.2) is 9.78 Å². The van der Waals surface area contributed by atoms with Crippen molar-refractivity contribution < 1.29 is 23.1 Å². The van der Waals surface area contributed by atoms with Crippen LogP contribution in [0.5, 0.6) is 0 Å². The summed E-state index contributed by atoms with van der Waals surface area (Å²) in [6.45, 7) is 0.592. The first-order valence-electron chi connectivity index (χ1n) is 8.49. The summed E-state index contributed by atoms with van der Waals surface area (Å²) in [6, 6.07) is 2.91. The monoisotopic (exact) mass is 370 g/mol. The van der Waals surface area contributed by atoms with Crippen molar-refractivity contribution in [3.8, 4) is 0 Å². The zero-order valence-electron chi connectivity index (χ0n) is 14.4. The van der Waals surface area contributed by atoms with Gasteiger partial charge in [-0.1, -0.05) is 0 Å². The fraction of sp³-hybridized carbons (Fsp3) is 0.529. The molecule has 0 bridgehead atoms. The second-order valence-electron chi connectivity index (χ2n) is 6.47. The van der Waals surface area contributed by atoms with Crippen molar-refractivity contribution in [2.75, 3.05) is 13.2 Å². The van der Waals surface area contributed by atoms with Crippen LogP contribution >= 0.6 is 0 Å². The fourth-order valence-corrected chi connectivity index (χ4v) is 3.30. The van der Waals surface area contributed by atoms with Crippen molar-refractivity contribution in [2.24, 2.45) is 7.05 Å². The number of carbonyl (C=O) groups excluding carboxylic acids is 1. The number of benzene rings is 1. The molecule has 1 aliphatic rings. The highest BCUT2D eigenvalue weighted by atomic mass is 19.4. The number of urea groups is 1. The van der Waals surface area contributed by atoms with Crippen LogP contribution in [-0.2, 0) is 19.8 Å². The summed E-state index contributed by atoms with van der Waals surface area (Å²) < 4.78 is 40.2. The van der Waals surface area contributed by atoms with Crippen LogP contribution in [0.15, 0.2) is 18.2 Å². The van der Waals surface area contributed by atoms with Crippen molar-refractivity contribution >= 4 is 17.1 Å². The molecule has 9 heteroatoms. The number of nitrogens with one attached hydrogen (secondary N) is 1. The lowest BCUT2D eigenvalue weighted by Gasteiger charge is -2.34. The number of carbonyl (C=O) groups is 1. The molecule has 0 saturated carbocycles. The summed E-state index contributed by atoms with van der Waals surface area (Å²) in [7, 11) is 1.70. The molecule has 0 radical (unpaired) electrons. The highest BCUT2D eigenvalue weighted by Crippen LogP contribution is 2.31. The Labute approximate surface area is 148 Å². The summed E-state index contributed by atoms with van der Waals surface area (Å²) in [5, 5.41) is 12.1. The molecule has 1 fully saturated rings. The summed E-state index contributed by atoms with van der Waals surface area (Å²) in [5.41, 5.74) is 0.0454. The van der Waals surface area contributed by atoms with E-state index in [0.29, 0.717) is 17.9 Å². The quantitative estimate of drug-likeness (QED) is 0.873. The van der Waals surface area contributed by atoms with Gasteiger partial charge in [0.05, 0.1) is 35.8 Å². The van der Waals surface area contributed by atoms with E-state index in [4.69, 9.17) is 0 Å². The number of aromatic nitrogens is 2. The molecule has 1 atom stereocenters. The Bertz CT molecular complexity index is 803. The van der Waals surface area contributed by atoms with E-state index in [1.165, 1.54) is 6.07 Å². The predicted octanol–water partition coefficient (Wildman–Crippen LogP) is 2.65. The van der Waals surface area contributed by atoms with E-state index in [2.05, 4.69) is 10.3 Å². The number of amides is 2. The maximum Gasteiger partial charge on any atom is 0.416 e. The lowest BCUT2D eigenvalue weighted by atomic mass is 10.0. The van der Waals surface area contributed by atoms with Crippen LogP contribution < -0.4 is 5.32 Å². The minimum absolute atomic E-state index is 0.0834. The normalized spacial score (nSPS) is 18.3. The number of rotatable bonds is 3. The van der Waals surface area contributed by atoms with Crippen molar-refractivity contribution in [2.45, 2.75) is 38.0 Å². The third-order valence-corrected chi connectivity index (χ3v) is 4.80. The highest BCUT2D eigenvalue weighted by Gasteiger charge is 2.31. The topological polar surface area (TPSA) is 70.4 Å². The van der Waals surface area contributed by atoms with Crippen LogP contribution in [0.25, 0.3) is 11.0 Å². The van der Waals surface area contributed by atoms with Crippen LogP contribution in [0.3, 0.4) is 0 Å². The Morgan fingerprint density at radius 3 is 2.85 bits per heavy atom. The van der Waals surface area contributed by atoms with Crippen molar-refractivity contribution in [3.63, 3.8) is 0 Å². The minimum atomic E-state index is -4.42. The lowest BCUT2D eigenvalue weighted by molar-refractivity contribution is -0.137. The maximum atomic E-state index is 12.8. The van der Waals surface area contributed by atoms with Crippen LogP contribution in [0, 0.1) is 0 Å². The van der Waals surface area contributed by atoms with E-state index in [0.717, 1.165) is 31.4 Å². The van der Waals surface area contributed by atoms with Gasteiger partial charge in [0.1, 0.15) is 5.82 Å². The Kier molecular flexibility index (Phi) is 5.08. The van der Waals surface area contributed by atoms with Gasteiger partial charge in [-0.05, 0) is 37.5 Å². The van der Waals surface area contributed by atoms with Crippen molar-refractivity contribution in [3.05, 3.63) is 29.6 Å². The van der Waals surface area contributed by atoms with Crippen molar-refractivity contribution in [1.82, 2.24) is 19.8 Å². The van der Waals surface area contributed by atoms with Gasteiger partial charge >= 0.3 is 12.2 Å². The summed E-state index contributed by atoms with van der Waals surface area (Å²) in [6.07, 6.45) is -1.80. The average Bonchev–Trinajstić information content (AvgIpc) is 2.94. The number of halogens is 3. The van der Waals surface area contributed by atoms with Gasteiger partial charge in [-0.3, -0.25) is 0 Å². The molecular formula is C17H21F3N4O2. The molecule has 1 saturated heterocycles. The summed E-state index contributed by atoms with van der Waals surface area (Å²) in [4.78, 5) is 18.2. The average molecular weight is 370 g/mol. The fourth-order valence-electron chi connectivity index (χ4n) is 3.30. The third kappa shape index (κ3) is 3.62. The molecule has 2 amide bonds. The standard InChI is InChI=1S/C17H21F3N4O2/c1-23-14-6-5-11(17(18,19)20)8-13(14)22-15(23)9-21-16(26)24-7-3-2-4-12(24)10-25/h5-6,8,12,25H,2-4,7,9-10H2,1H3,(H,21,26)/t12-/m0/s1. The summed E-state index contributed by atoms with van der Waals surface area (Å²) >= 11 is 0. The van der Waals surface area contributed by atoms with Gasteiger partial charge in [0, 0.05) is 13.6 Å². The number of hydrogen-bond acceptors (Lipinski definition) is 3. The van der Waals surface area contributed by atoms with E-state index in [1.54, 1.807) is 16.5 Å². The number of fused-ring (bicyclic) bond motifs is 1. The Morgan fingerprint density at radius 2 is 2.15 bits per heavy atom. The number of likely N-dealkylation sites (tertiary alicyclic amines) is 1. The number of aliphatic hydroxyl groups is 1. The first-order valence-corrected chi connectivity index (χ1v) is 8.49. The zero-order chi connectivity index (χ0) is 18.9. The van der Waals surface area contributed by atoms with Gasteiger partial charge in [-0.2, -0.15) is 13.2 Å². The second kappa shape index (κ2) is 7.14. The number of alkyl halides is 3. The second-order valence-corrected chi connectivity index (χ2v) is 6.47. The zero-order valence-corrected chi connectivity index (χ0v) is 14.4. The number of imidazole rings is 1. The number of piperidine rings is 1. The molecule has 0 aliphatic carbocycles. The Hall–Kier alpha value is -2.29. The summed E-state index contributed by atoms with van der Waals surface area (Å²) in [5.74, 6) is 0.463. The number of nitrogens with zero attached hydrogens (tertiary/aromatic N) is 3. The maximum absolute atomic E-state index is 12.8. The van der Waals surface area contributed by atoms with Crippen LogP contribution in [0.2, 0.25) is 0 Å². The molecule has 1 aliphatic heterocycles.